The van der Waals surface area contributed by atoms with E-state index in [1.165, 1.54) is 31.4 Å². The molecule has 0 saturated heterocycles. The van der Waals surface area contributed by atoms with Gasteiger partial charge in [-0.05, 0) is 30.5 Å². The van der Waals surface area contributed by atoms with Gasteiger partial charge in [0.25, 0.3) is 0 Å². The minimum absolute atomic E-state index is 0.0742. The summed E-state index contributed by atoms with van der Waals surface area (Å²) in [5.74, 6) is 0.192. The van der Waals surface area contributed by atoms with E-state index >= 15 is 0 Å². The summed E-state index contributed by atoms with van der Waals surface area (Å²) in [6.07, 6.45) is 5.98. The van der Waals surface area contributed by atoms with Crippen LogP contribution in [0.2, 0.25) is 0 Å². The molecule has 1 N–H and O–H groups in total. The highest BCUT2D eigenvalue weighted by atomic mass is 19.1. The first-order chi connectivity index (χ1) is 10.3. The van der Waals surface area contributed by atoms with Crippen molar-refractivity contribution in [1.29, 1.82) is 0 Å². The van der Waals surface area contributed by atoms with Crippen LogP contribution in [-0.2, 0) is 13.2 Å². The summed E-state index contributed by atoms with van der Waals surface area (Å²) in [7, 11) is 0. The molecule has 0 bridgehead atoms. The Kier molecular flexibility index (Phi) is 4.29. The van der Waals surface area contributed by atoms with Crippen molar-refractivity contribution < 1.29 is 9.50 Å². The van der Waals surface area contributed by atoms with Gasteiger partial charge in [0.1, 0.15) is 11.5 Å². The maximum atomic E-state index is 13.0. The van der Waals surface area contributed by atoms with Gasteiger partial charge in [0.15, 0.2) is 0 Å². The number of aliphatic hydroxyl groups excluding tert-OH is 1. The number of aliphatic hydroxyl groups is 1. The van der Waals surface area contributed by atoms with E-state index in [9.17, 15) is 9.50 Å². The van der Waals surface area contributed by atoms with Crippen LogP contribution in [0.25, 0.3) is 0 Å². The van der Waals surface area contributed by atoms with E-state index in [4.69, 9.17) is 0 Å². The van der Waals surface area contributed by atoms with Crippen LogP contribution < -0.4 is 0 Å². The van der Waals surface area contributed by atoms with Gasteiger partial charge in [-0.15, -0.1) is 5.10 Å². The molecular weight excluding hydrogens is 269 g/mol. The Labute approximate surface area is 123 Å². The van der Waals surface area contributed by atoms with E-state index in [1.807, 2.05) is 4.68 Å². The minimum atomic E-state index is -0.235. The standard InChI is InChI=1S/C16H20FN3O/c17-14-8-6-12(7-9-14)10-20-16(15(11-21)18-19-20)13-4-2-1-3-5-13/h6-9,13,21H,1-5,10-11H2. The SMILES string of the molecule is OCc1nnn(Cc2ccc(F)cc2)c1C1CCCCC1. The minimum Gasteiger partial charge on any atom is -0.390 e. The number of hydrogen-bond acceptors (Lipinski definition) is 3. The third kappa shape index (κ3) is 3.13. The fourth-order valence-electron chi connectivity index (χ4n) is 3.17. The van der Waals surface area contributed by atoms with Crippen LogP contribution in [0.3, 0.4) is 0 Å². The van der Waals surface area contributed by atoms with Gasteiger partial charge in [-0.1, -0.05) is 36.6 Å². The second kappa shape index (κ2) is 6.35. The number of aromatic nitrogens is 3. The number of rotatable bonds is 4. The Bertz CT molecular complexity index is 588. The molecule has 4 nitrogen and oxygen atoms in total. The third-order valence-electron chi connectivity index (χ3n) is 4.23. The first-order valence-corrected chi connectivity index (χ1v) is 7.55. The predicted octanol–water partition coefficient (Wildman–Crippen LogP) is 3.01. The van der Waals surface area contributed by atoms with Crippen molar-refractivity contribution in [3.63, 3.8) is 0 Å². The average Bonchev–Trinajstić information content (AvgIpc) is 2.93. The molecule has 1 saturated carbocycles. The predicted molar refractivity (Wildman–Crippen MR) is 77.3 cm³/mol. The van der Waals surface area contributed by atoms with Crippen LogP contribution in [0.15, 0.2) is 24.3 Å². The Hall–Kier alpha value is -1.75. The quantitative estimate of drug-likeness (QED) is 0.941. The molecule has 0 spiro atoms. The van der Waals surface area contributed by atoms with E-state index in [1.54, 1.807) is 12.1 Å². The van der Waals surface area contributed by atoms with Crippen LogP contribution in [0.4, 0.5) is 4.39 Å². The number of nitrogens with zero attached hydrogens (tertiary/aromatic N) is 3. The second-order valence-electron chi connectivity index (χ2n) is 5.70. The summed E-state index contributed by atoms with van der Waals surface area (Å²) < 4.78 is 14.9. The molecule has 3 rings (SSSR count). The molecule has 0 amide bonds. The summed E-state index contributed by atoms with van der Waals surface area (Å²) in [6.45, 7) is 0.494. The number of benzene rings is 1. The molecule has 1 aromatic carbocycles. The lowest BCUT2D eigenvalue weighted by atomic mass is 9.86. The van der Waals surface area contributed by atoms with E-state index < -0.39 is 0 Å². The van der Waals surface area contributed by atoms with Crippen molar-refractivity contribution in [1.82, 2.24) is 15.0 Å². The Morgan fingerprint density at radius 2 is 1.86 bits per heavy atom. The highest BCUT2D eigenvalue weighted by molar-refractivity contribution is 5.20. The molecule has 0 atom stereocenters. The van der Waals surface area contributed by atoms with Crippen LogP contribution >= 0.6 is 0 Å². The van der Waals surface area contributed by atoms with Crippen molar-refractivity contribution in [2.24, 2.45) is 0 Å². The van der Waals surface area contributed by atoms with Crippen LogP contribution in [0.1, 0.15) is 55.0 Å². The van der Waals surface area contributed by atoms with Gasteiger partial charge in [-0.25, -0.2) is 9.07 Å². The lowest BCUT2D eigenvalue weighted by Crippen LogP contribution is -2.14. The van der Waals surface area contributed by atoms with Gasteiger partial charge in [-0.3, -0.25) is 0 Å². The molecule has 2 aromatic rings. The first kappa shape index (κ1) is 14.2. The number of halogens is 1. The molecule has 0 aliphatic heterocycles. The Morgan fingerprint density at radius 3 is 2.52 bits per heavy atom. The fraction of sp³-hybridized carbons (Fsp3) is 0.500. The van der Waals surface area contributed by atoms with Crippen molar-refractivity contribution >= 4 is 0 Å². The molecule has 0 radical (unpaired) electrons. The van der Waals surface area contributed by atoms with E-state index in [2.05, 4.69) is 10.3 Å². The van der Waals surface area contributed by atoms with Crippen LogP contribution in [0.5, 0.6) is 0 Å². The monoisotopic (exact) mass is 289 g/mol. The molecule has 112 valence electrons. The maximum Gasteiger partial charge on any atom is 0.123 e. The lowest BCUT2D eigenvalue weighted by Gasteiger charge is -2.23. The van der Waals surface area contributed by atoms with Crippen LogP contribution in [0, 0.1) is 5.82 Å². The van der Waals surface area contributed by atoms with Crippen molar-refractivity contribution in [3.8, 4) is 0 Å². The van der Waals surface area contributed by atoms with Gasteiger partial charge in [0.05, 0.1) is 18.8 Å². The first-order valence-electron chi connectivity index (χ1n) is 7.55. The fourth-order valence-corrected chi connectivity index (χ4v) is 3.17. The Balaban J connectivity index is 1.87. The third-order valence-corrected chi connectivity index (χ3v) is 4.23. The topological polar surface area (TPSA) is 50.9 Å². The lowest BCUT2D eigenvalue weighted by molar-refractivity contribution is 0.273. The van der Waals surface area contributed by atoms with Gasteiger partial charge in [-0.2, -0.15) is 0 Å². The van der Waals surface area contributed by atoms with Gasteiger partial charge >= 0.3 is 0 Å². The highest BCUT2D eigenvalue weighted by Gasteiger charge is 2.24. The van der Waals surface area contributed by atoms with E-state index in [0.717, 1.165) is 24.1 Å². The smallest absolute Gasteiger partial charge is 0.123 e. The second-order valence-corrected chi connectivity index (χ2v) is 5.70. The molecular formula is C16H20FN3O. The molecule has 21 heavy (non-hydrogen) atoms. The summed E-state index contributed by atoms with van der Waals surface area (Å²) in [6, 6.07) is 6.44. The molecule has 1 aromatic heterocycles. The highest BCUT2D eigenvalue weighted by Crippen LogP contribution is 2.34. The summed E-state index contributed by atoms with van der Waals surface area (Å²) >= 11 is 0. The zero-order valence-electron chi connectivity index (χ0n) is 12.0. The van der Waals surface area contributed by atoms with E-state index in [-0.39, 0.29) is 12.4 Å². The molecule has 1 fully saturated rings. The Morgan fingerprint density at radius 1 is 1.14 bits per heavy atom. The number of hydrogen-bond donors (Lipinski definition) is 1. The van der Waals surface area contributed by atoms with Crippen molar-refractivity contribution in [2.45, 2.75) is 51.2 Å². The van der Waals surface area contributed by atoms with Crippen LogP contribution in [-0.4, -0.2) is 20.1 Å². The molecule has 5 heteroatoms. The molecule has 1 aliphatic carbocycles. The van der Waals surface area contributed by atoms with Gasteiger partial charge in [0, 0.05) is 5.92 Å². The normalized spacial score (nSPS) is 16.3. The summed E-state index contributed by atoms with van der Waals surface area (Å²) in [5, 5.41) is 17.8. The van der Waals surface area contributed by atoms with Crippen molar-refractivity contribution in [3.05, 3.63) is 47.0 Å². The molecule has 1 heterocycles. The van der Waals surface area contributed by atoms with E-state index in [0.29, 0.717) is 18.2 Å². The zero-order chi connectivity index (χ0) is 14.7. The van der Waals surface area contributed by atoms with Gasteiger partial charge in [0.2, 0.25) is 0 Å². The van der Waals surface area contributed by atoms with Crippen molar-refractivity contribution in [2.75, 3.05) is 0 Å². The van der Waals surface area contributed by atoms with Gasteiger partial charge < -0.3 is 5.11 Å². The molecule has 1 aliphatic rings. The maximum absolute atomic E-state index is 13.0. The average molecular weight is 289 g/mol. The summed E-state index contributed by atoms with van der Waals surface area (Å²) in [5.41, 5.74) is 2.73. The molecule has 0 unspecified atom stereocenters. The largest absolute Gasteiger partial charge is 0.390 e. The summed E-state index contributed by atoms with van der Waals surface area (Å²) in [4.78, 5) is 0. The zero-order valence-corrected chi connectivity index (χ0v) is 12.0.